The van der Waals surface area contributed by atoms with Crippen molar-refractivity contribution in [2.45, 2.75) is 0 Å². The molecule has 0 aliphatic carbocycles. The standard InChI is InChI=1S/C13H11FO3/c1-16-8-17-13-10(7-15)6-9-4-2-3-5-11(9)12(13)14/h2-7H,8H2,1H3. The van der Waals surface area contributed by atoms with E-state index in [4.69, 9.17) is 9.47 Å². The second-order valence-electron chi connectivity index (χ2n) is 3.50. The zero-order chi connectivity index (χ0) is 12.3. The van der Waals surface area contributed by atoms with Crippen LogP contribution in [0.5, 0.6) is 5.75 Å². The van der Waals surface area contributed by atoms with E-state index in [0.717, 1.165) is 0 Å². The Morgan fingerprint density at radius 1 is 1.35 bits per heavy atom. The van der Waals surface area contributed by atoms with Crippen LogP contribution in [0, 0.1) is 5.82 Å². The Morgan fingerprint density at radius 2 is 2.12 bits per heavy atom. The summed E-state index contributed by atoms with van der Waals surface area (Å²) in [6.07, 6.45) is 0.570. The molecule has 0 unspecified atom stereocenters. The Labute approximate surface area is 97.8 Å². The highest BCUT2D eigenvalue weighted by Crippen LogP contribution is 2.29. The zero-order valence-electron chi connectivity index (χ0n) is 9.27. The molecule has 0 radical (unpaired) electrons. The van der Waals surface area contributed by atoms with E-state index in [-0.39, 0.29) is 18.1 Å². The van der Waals surface area contributed by atoms with E-state index in [0.29, 0.717) is 17.1 Å². The van der Waals surface area contributed by atoms with Gasteiger partial charge in [-0.25, -0.2) is 4.39 Å². The average Bonchev–Trinajstić information content (AvgIpc) is 2.37. The Kier molecular flexibility index (Phi) is 3.35. The molecule has 2 rings (SSSR count). The minimum Gasteiger partial charge on any atom is -0.464 e. The van der Waals surface area contributed by atoms with Crippen LogP contribution in [0.15, 0.2) is 30.3 Å². The third-order valence-electron chi connectivity index (χ3n) is 2.42. The summed E-state index contributed by atoms with van der Waals surface area (Å²) >= 11 is 0. The minimum atomic E-state index is -0.540. The lowest BCUT2D eigenvalue weighted by Gasteiger charge is -2.10. The van der Waals surface area contributed by atoms with Gasteiger partial charge in [-0.1, -0.05) is 24.3 Å². The van der Waals surface area contributed by atoms with Crippen molar-refractivity contribution in [2.75, 3.05) is 13.9 Å². The molecule has 0 aliphatic heterocycles. The number of fused-ring (bicyclic) bond motifs is 1. The van der Waals surface area contributed by atoms with Crippen LogP contribution in [-0.2, 0) is 4.74 Å². The van der Waals surface area contributed by atoms with E-state index in [1.807, 2.05) is 0 Å². The Bertz CT molecular complexity index is 552. The van der Waals surface area contributed by atoms with Crippen LogP contribution >= 0.6 is 0 Å². The summed E-state index contributed by atoms with van der Waals surface area (Å²) in [5, 5.41) is 1.08. The predicted octanol–water partition coefficient (Wildman–Crippen LogP) is 2.77. The summed E-state index contributed by atoms with van der Waals surface area (Å²) in [7, 11) is 1.43. The number of hydrogen-bond donors (Lipinski definition) is 0. The number of carbonyl (C=O) groups excluding carboxylic acids is 1. The lowest BCUT2D eigenvalue weighted by molar-refractivity contribution is 0.0479. The molecule has 88 valence electrons. The van der Waals surface area contributed by atoms with Gasteiger partial charge in [-0.05, 0) is 11.5 Å². The highest BCUT2D eigenvalue weighted by molar-refractivity contribution is 5.92. The molecule has 0 fully saturated rings. The van der Waals surface area contributed by atoms with E-state index in [1.165, 1.54) is 7.11 Å². The lowest BCUT2D eigenvalue weighted by Crippen LogP contribution is -2.04. The van der Waals surface area contributed by atoms with Gasteiger partial charge in [-0.2, -0.15) is 0 Å². The van der Waals surface area contributed by atoms with Crippen LogP contribution in [0.4, 0.5) is 4.39 Å². The van der Waals surface area contributed by atoms with E-state index < -0.39 is 5.82 Å². The maximum Gasteiger partial charge on any atom is 0.188 e. The van der Waals surface area contributed by atoms with Gasteiger partial charge in [0.25, 0.3) is 0 Å². The maximum absolute atomic E-state index is 14.1. The number of carbonyl (C=O) groups is 1. The molecule has 0 atom stereocenters. The van der Waals surface area contributed by atoms with E-state index in [1.54, 1.807) is 30.3 Å². The summed E-state index contributed by atoms with van der Waals surface area (Å²) in [5.41, 5.74) is 0.179. The van der Waals surface area contributed by atoms with Crippen LogP contribution in [0.2, 0.25) is 0 Å². The van der Waals surface area contributed by atoms with Gasteiger partial charge in [0, 0.05) is 12.5 Å². The van der Waals surface area contributed by atoms with Gasteiger partial charge in [0.05, 0.1) is 5.56 Å². The van der Waals surface area contributed by atoms with Crippen molar-refractivity contribution < 1.29 is 18.7 Å². The molecule has 4 heteroatoms. The molecule has 0 spiro atoms. The first-order chi connectivity index (χ1) is 8.27. The van der Waals surface area contributed by atoms with Gasteiger partial charge in [-0.15, -0.1) is 0 Å². The second kappa shape index (κ2) is 4.93. The molecule has 0 saturated carbocycles. The van der Waals surface area contributed by atoms with Crippen molar-refractivity contribution in [3.63, 3.8) is 0 Å². The monoisotopic (exact) mass is 234 g/mol. The SMILES string of the molecule is COCOc1c(C=O)cc2ccccc2c1F. The number of aldehydes is 1. The average molecular weight is 234 g/mol. The van der Waals surface area contributed by atoms with Crippen molar-refractivity contribution in [3.05, 3.63) is 41.7 Å². The molecular formula is C13H11FO3. The number of benzene rings is 2. The summed E-state index contributed by atoms with van der Waals surface area (Å²) in [6.45, 7) is -0.101. The van der Waals surface area contributed by atoms with E-state index in [2.05, 4.69) is 0 Å². The van der Waals surface area contributed by atoms with Crippen LogP contribution in [0.25, 0.3) is 10.8 Å². The fourth-order valence-corrected chi connectivity index (χ4v) is 1.66. The summed E-state index contributed by atoms with van der Waals surface area (Å²) in [6, 6.07) is 8.49. The first kappa shape index (κ1) is 11.5. The van der Waals surface area contributed by atoms with Gasteiger partial charge in [0.15, 0.2) is 24.6 Å². The lowest BCUT2D eigenvalue weighted by atomic mass is 10.1. The molecule has 2 aromatic rings. The summed E-state index contributed by atoms with van der Waals surface area (Å²) in [4.78, 5) is 10.9. The largest absolute Gasteiger partial charge is 0.464 e. The van der Waals surface area contributed by atoms with Crippen molar-refractivity contribution in [1.82, 2.24) is 0 Å². The van der Waals surface area contributed by atoms with Crippen molar-refractivity contribution >= 4 is 17.1 Å². The molecule has 2 aromatic carbocycles. The smallest absolute Gasteiger partial charge is 0.188 e. The third-order valence-corrected chi connectivity index (χ3v) is 2.42. The fraction of sp³-hybridized carbons (Fsp3) is 0.154. The normalized spacial score (nSPS) is 10.5. The number of hydrogen-bond acceptors (Lipinski definition) is 3. The molecule has 0 aliphatic rings. The molecular weight excluding hydrogens is 223 g/mol. The van der Waals surface area contributed by atoms with E-state index in [9.17, 15) is 9.18 Å². The molecule has 3 nitrogen and oxygen atoms in total. The van der Waals surface area contributed by atoms with Gasteiger partial charge >= 0.3 is 0 Å². The number of ether oxygens (including phenoxy) is 2. The van der Waals surface area contributed by atoms with Crippen LogP contribution in [0.1, 0.15) is 10.4 Å². The third kappa shape index (κ3) is 2.12. The molecule has 0 heterocycles. The molecule has 17 heavy (non-hydrogen) atoms. The number of methoxy groups -OCH3 is 1. The minimum absolute atomic E-state index is 0.0689. The van der Waals surface area contributed by atoms with Gasteiger partial charge < -0.3 is 9.47 Å². The Balaban J connectivity index is 2.63. The van der Waals surface area contributed by atoms with Gasteiger partial charge in [-0.3, -0.25) is 4.79 Å². The predicted molar refractivity (Wildman–Crippen MR) is 61.8 cm³/mol. The van der Waals surface area contributed by atoms with E-state index >= 15 is 0 Å². The zero-order valence-corrected chi connectivity index (χ0v) is 9.27. The Hall–Kier alpha value is -1.94. The van der Waals surface area contributed by atoms with Crippen LogP contribution < -0.4 is 4.74 Å². The first-order valence-electron chi connectivity index (χ1n) is 5.06. The quantitative estimate of drug-likeness (QED) is 0.602. The highest BCUT2D eigenvalue weighted by Gasteiger charge is 2.14. The second-order valence-corrected chi connectivity index (χ2v) is 3.50. The number of rotatable bonds is 4. The van der Waals surface area contributed by atoms with Crippen molar-refractivity contribution in [3.8, 4) is 5.75 Å². The molecule has 0 saturated heterocycles. The molecule has 0 aromatic heterocycles. The first-order valence-corrected chi connectivity index (χ1v) is 5.06. The van der Waals surface area contributed by atoms with Crippen molar-refractivity contribution in [2.24, 2.45) is 0 Å². The van der Waals surface area contributed by atoms with Gasteiger partial charge in [0.2, 0.25) is 0 Å². The van der Waals surface area contributed by atoms with Crippen molar-refractivity contribution in [1.29, 1.82) is 0 Å². The number of halogens is 1. The Morgan fingerprint density at radius 3 is 2.82 bits per heavy atom. The topological polar surface area (TPSA) is 35.5 Å². The highest BCUT2D eigenvalue weighted by atomic mass is 19.1. The van der Waals surface area contributed by atoms with Crippen LogP contribution in [-0.4, -0.2) is 20.2 Å². The summed E-state index contributed by atoms with van der Waals surface area (Å²) < 4.78 is 23.9. The fourth-order valence-electron chi connectivity index (χ4n) is 1.66. The molecule has 0 amide bonds. The van der Waals surface area contributed by atoms with Crippen LogP contribution in [0.3, 0.4) is 0 Å². The van der Waals surface area contributed by atoms with Gasteiger partial charge in [0.1, 0.15) is 0 Å². The molecule has 0 N–H and O–H groups in total. The summed E-state index contributed by atoms with van der Waals surface area (Å²) in [5.74, 6) is -0.609. The molecule has 0 bridgehead atoms. The maximum atomic E-state index is 14.1.